The van der Waals surface area contributed by atoms with Crippen LogP contribution >= 0.6 is 11.3 Å². The molecule has 0 saturated heterocycles. The first-order chi connectivity index (χ1) is 11.6. The van der Waals surface area contributed by atoms with Gasteiger partial charge in [0.1, 0.15) is 22.3 Å². The molecule has 0 aromatic carbocycles. The highest BCUT2D eigenvalue weighted by Crippen LogP contribution is 2.41. The van der Waals surface area contributed by atoms with Crippen molar-refractivity contribution in [2.45, 2.75) is 46.2 Å². The minimum Gasteiger partial charge on any atom is -0.345 e. The largest absolute Gasteiger partial charge is 0.345 e. The maximum Gasteiger partial charge on any atom is 0.256 e. The van der Waals surface area contributed by atoms with Gasteiger partial charge in [-0.1, -0.05) is 0 Å². The molecule has 1 aliphatic heterocycles. The third-order valence-corrected chi connectivity index (χ3v) is 6.05. The molecule has 5 rings (SSSR count). The van der Waals surface area contributed by atoms with Crippen LogP contribution in [-0.4, -0.2) is 19.9 Å². The van der Waals surface area contributed by atoms with Gasteiger partial charge in [0.2, 0.25) is 0 Å². The average molecular weight is 339 g/mol. The lowest BCUT2D eigenvalue weighted by molar-refractivity contribution is 0.841. The maximum atomic E-state index is 12.2. The summed E-state index contributed by atoms with van der Waals surface area (Å²) in [5, 5.41) is 1.19. The first kappa shape index (κ1) is 14.1. The van der Waals surface area contributed by atoms with Gasteiger partial charge in [0, 0.05) is 4.88 Å². The van der Waals surface area contributed by atoms with E-state index in [0.29, 0.717) is 18.9 Å². The molecule has 0 bridgehead atoms. The monoisotopic (exact) mass is 339 g/mol. The van der Waals surface area contributed by atoms with Crippen molar-refractivity contribution in [3.05, 3.63) is 43.7 Å². The van der Waals surface area contributed by atoms with Gasteiger partial charge in [-0.15, -0.1) is 11.3 Å². The predicted octanol–water partition coefficient (Wildman–Crippen LogP) is 2.40. The van der Waals surface area contributed by atoms with Gasteiger partial charge in [0.05, 0.1) is 29.7 Å². The SMILES string of the molecule is Cc1nc(N2Cc3nc(C)[nH]c(=O)c3C2)c2c3c(sc2n1)CCC3. The predicted molar refractivity (Wildman–Crippen MR) is 93.7 cm³/mol. The minimum absolute atomic E-state index is 0.0300. The fourth-order valence-corrected chi connectivity index (χ4v) is 5.15. The van der Waals surface area contributed by atoms with Crippen LogP contribution in [0.1, 0.15) is 39.8 Å². The summed E-state index contributed by atoms with van der Waals surface area (Å²) in [7, 11) is 0. The molecule has 7 heteroatoms. The second kappa shape index (κ2) is 4.86. The van der Waals surface area contributed by atoms with Gasteiger partial charge in [-0.25, -0.2) is 15.0 Å². The van der Waals surface area contributed by atoms with E-state index in [4.69, 9.17) is 4.98 Å². The molecular weight excluding hydrogens is 322 g/mol. The Hall–Kier alpha value is -2.28. The first-order valence-corrected chi connectivity index (χ1v) is 9.04. The summed E-state index contributed by atoms with van der Waals surface area (Å²) in [6.45, 7) is 4.96. The first-order valence-electron chi connectivity index (χ1n) is 8.22. The second-order valence-electron chi connectivity index (χ2n) is 6.56. The molecule has 122 valence electrons. The molecule has 3 aromatic rings. The highest BCUT2D eigenvalue weighted by molar-refractivity contribution is 7.19. The van der Waals surface area contributed by atoms with Crippen LogP contribution < -0.4 is 10.5 Å². The fraction of sp³-hybridized carbons (Fsp3) is 0.412. The van der Waals surface area contributed by atoms with E-state index in [1.54, 1.807) is 11.3 Å². The zero-order valence-electron chi connectivity index (χ0n) is 13.6. The summed E-state index contributed by atoms with van der Waals surface area (Å²) >= 11 is 1.80. The van der Waals surface area contributed by atoms with Gasteiger partial charge >= 0.3 is 0 Å². The number of fused-ring (bicyclic) bond motifs is 4. The lowest BCUT2D eigenvalue weighted by Gasteiger charge is -2.18. The molecule has 6 nitrogen and oxygen atoms in total. The third-order valence-electron chi connectivity index (χ3n) is 4.87. The molecule has 3 aromatic heterocycles. The number of H-pyrrole nitrogens is 1. The number of aryl methyl sites for hydroxylation is 4. The number of anilines is 1. The molecule has 1 aliphatic carbocycles. The van der Waals surface area contributed by atoms with Crippen LogP contribution in [0.15, 0.2) is 4.79 Å². The fourth-order valence-electron chi connectivity index (χ4n) is 3.85. The van der Waals surface area contributed by atoms with E-state index >= 15 is 0 Å². The standard InChI is InChI=1S/C17H17N5OS/c1-8-18-12-7-22(6-11(12)16(23)20-8)15-14-10-4-3-5-13(10)24-17(14)21-9(2)19-15/h3-7H2,1-2H3,(H,18,20,23). The van der Waals surface area contributed by atoms with E-state index in [9.17, 15) is 4.79 Å². The highest BCUT2D eigenvalue weighted by Gasteiger charge is 2.29. The van der Waals surface area contributed by atoms with Gasteiger partial charge in [0.15, 0.2) is 0 Å². The van der Waals surface area contributed by atoms with E-state index in [2.05, 4.69) is 19.9 Å². The third kappa shape index (κ3) is 1.94. The zero-order chi connectivity index (χ0) is 16.4. The van der Waals surface area contributed by atoms with E-state index in [0.717, 1.165) is 40.6 Å². The second-order valence-corrected chi connectivity index (χ2v) is 7.65. The molecule has 0 saturated carbocycles. The van der Waals surface area contributed by atoms with Crippen molar-refractivity contribution in [3.63, 3.8) is 0 Å². The molecular formula is C17H17N5OS. The maximum absolute atomic E-state index is 12.2. The number of hydrogen-bond donors (Lipinski definition) is 1. The molecule has 0 radical (unpaired) electrons. The minimum atomic E-state index is -0.0300. The normalized spacial score (nSPS) is 16.0. The van der Waals surface area contributed by atoms with Crippen LogP contribution in [0.4, 0.5) is 5.82 Å². The summed E-state index contributed by atoms with van der Waals surface area (Å²) in [4.78, 5) is 33.6. The molecule has 2 aliphatic rings. The topological polar surface area (TPSA) is 74.8 Å². The number of rotatable bonds is 1. The Morgan fingerprint density at radius 2 is 1.96 bits per heavy atom. The Morgan fingerprint density at radius 3 is 2.83 bits per heavy atom. The van der Waals surface area contributed by atoms with Gasteiger partial charge in [-0.3, -0.25) is 4.79 Å². The van der Waals surface area contributed by atoms with Crippen LogP contribution in [0.3, 0.4) is 0 Å². The van der Waals surface area contributed by atoms with Crippen LogP contribution in [-0.2, 0) is 25.9 Å². The lowest BCUT2D eigenvalue weighted by Crippen LogP contribution is -2.19. The summed E-state index contributed by atoms with van der Waals surface area (Å²) in [5.41, 5.74) is 3.01. The van der Waals surface area contributed by atoms with E-state index in [1.165, 1.54) is 22.2 Å². The smallest absolute Gasteiger partial charge is 0.256 e. The summed E-state index contributed by atoms with van der Waals surface area (Å²) in [6, 6.07) is 0. The van der Waals surface area contributed by atoms with Crippen molar-refractivity contribution in [1.82, 2.24) is 19.9 Å². The molecule has 0 spiro atoms. The number of aromatic nitrogens is 4. The van der Waals surface area contributed by atoms with Crippen molar-refractivity contribution < 1.29 is 0 Å². The van der Waals surface area contributed by atoms with Crippen LogP contribution in [0.2, 0.25) is 0 Å². The Kier molecular flexibility index (Phi) is 2.85. The van der Waals surface area contributed by atoms with Crippen molar-refractivity contribution in [2.75, 3.05) is 4.90 Å². The van der Waals surface area contributed by atoms with E-state index in [1.807, 2.05) is 13.8 Å². The molecule has 1 N–H and O–H groups in total. The van der Waals surface area contributed by atoms with E-state index < -0.39 is 0 Å². The Morgan fingerprint density at radius 1 is 1.08 bits per heavy atom. The highest BCUT2D eigenvalue weighted by atomic mass is 32.1. The van der Waals surface area contributed by atoms with Gasteiger partial charge in [0.25, 0.3) is 5.56 Å². The van der Waals surface area contributed by atoms with Crippen LogP contribution in [0.5, 0.6) is 0 Å². The van der Waals surface area contributed by atoms with Gasteiger partial charge < -0.3 is 9.88 Å². The number of nitrogens with one attached hydrogen (secondary N) is 1. The quantitative estimate of drug-likeness (QED) is 0.737. The number of aromatic amines is 1. The van der Waals surface area contributed by atoms with Gasteiger partial charge in [-0.05, 0) is 38.7 Å². The summed E-state index contributed by atoms with van der Waals surface area (Å²) in [6.07, 6.45) is 3.47. The Balaban J connectivity index is 1.68. The van der Waals surface area contributed by atoms with Crippen molar-refractivity contribution in [3.8, 4) is 0 Å². The number of thiophene rings is 1. The zero-order valence-corrected chi connectivity index (χ0v) is 14.5. The van der Waals surface area contributed by atoms with Crippen LogP contribution in [0.25, 0.3) is 10.2 Å². The summed E-state index contributed by atoms with van der Waals surface area (Å²) in [5.74, 6) is 2.42. The molecule has 4 heterocycles. The van der Waals surface area contributed by atoms with Crippen molar-refractivity contribution in [2.24, 2.45) is 0 Å². The van der Waals surface area contributed by atoms with Crippen molar-refractivity contribution >= 4 is 27.4 Å². The molecule has 0 fully saturated rings. The summed E-state index contributed by atoms with van der Waals surface area (Å²) < 4.78 is 0. The van der Waals surface area contributed by atoms with E-state index in [-0.39, 0.29) is 5.56 Å². The van der Waals surface area contributed by atoms with Crippen LogP contribution in [0, 0.1) is 13.8 Å². The van der Waals surface area contributed by atoms with Crippen molar-refractivity contribution in [1.29, 1.82) is 0 Å². The number of hydrogen-bond acceptors (Lipinski definition) is 6. The van der Waals surface area contributed by atoms with Gasteiger partial charge in [-0.2, -0.15) is 0 Å². The molecule has 0 unspecified atom stereocenters. The Labute approximate surface area is 142 Å². The molecule has 0 atom stereocenters. The Bertz CT molecular complexity index is 1050. The lowest BCUT2D eigenvalue weighted by atomic mass is 10.2. The number of nitrogens with zero attached hydrogens (tertiary/aromatic N) is 4. The average Bonchev–Trinajstić information content (AvgIpc) is 3.18. The molecule has 0 amide bonds. The molecule has 24 heavy (non-hydrogen) atoms.